The lowest BCUT2D eigenvalue weighted by Gasteiger charge is -2.34. The number of nitrogens with one attached hydrogen (secondary N) is 1. The number of hydrogen-bond donors (Lipinski definition) is 1. The zero-order chi connectivity index (χ0) is 18.2. The number of piperazine rings is 1. The van der Waals surface area contributed by atoms with Gasteiger partial charge in [0.2, 0.25) is 5.91 Å². The monoisotopic (exact) mass is 340 g/mol. The first-order valence-electron chi connectivity index (χ1n) is 8.46. The van der Waals surface area contributed by atoms with E-state index in [1.165, 1.54) is 24.3 Å². The van der Waals surface area contributed by atoms with E-state index < -0.39 is 0 Å². The number of nitriles is 1. The first kappa shape index (κ1) is 18.5. The molecule has 0 aromatic heterocycles. The fourth-order valence-corrected chi connectivity index (χ4v) is 2.81. The van der Waals surface area contributed by atoms with Gasteiger partial charge in [-0.1, -0.05) is 24.3 Å². The van der Waals surface area contributed by atoms with E-state index in [1.807, 2.05) is 18.2 Å². The molecule has 0 atom stereocenters. The molecule has 2 rings (SSSR count). The van der Waals surface area contributed by atoms with Crippen molar-refractivity contribution in [2.24, 2.45) is 0 Å². The summed E-state index contributed by atoms with van der Waals surface area (Å²) in [6.45, 7) is 6.19. The molecular weight excluding hydrogens is 316 g/mol. The third-order valence-corrected chi connectivity index (χ3v) is 4.41. The van der Waals surface area contributed by atoms with Gasteiger partial charge in [-0.15, -0.1) is 0 Å². The van der Waals surface area contributed by atoms with Crippen molar-refractivity contribution in [3.05, 3.63) is 47.2 Å². The van der Waals surface area contributed by atoms with Crippen molar-refractivity contribution in [2.75, 3.05) is 32.7 Å². The number of carbonyl (C=O) groups excluding carboxylic acids is 2. The summed E-state index contributed by atoms with van der Waals surface area (Å²) in [7, 11) is 0. The molecule has 1 aliphatic rings. The molecule has 1 fully saturated rings. The molecule has 6 heteroatoms. The van der Waals surface area contributed by atoms with E-state index in [0.29, 0.717) is 32.7 Å². The highest BCUT2D eigenvalue weighted by atomic mass is 16.2. The van der Waals surface area contributed by atoms with Crippen molar-refractivity contribution in [3.63, 3.8) is 0 Å². The number of rotatable bonds is 5. The van der Waals surface area contributed by atoms with Gasteiger partial charge in [0.1, 0.15) is 11.6 Å². The summed E-state index contributed by atoms with van der Waals surface area (Å²) in [6.07, 6.45) is 2.32. The molecule has 0 saturated carbocycles. The van der Waals surface area contributed by atoms with Crippen LogP contribution in [0.2, 0.25) is 0 Å². The van der Waals surface area contributed by atoms with E-state index in [4.69, 9.17) is 0 Å². The molecule has 0 unspecified atom stereocenters. The summed E-state index contributed by atoms with van der Waals surface area (Å²) < 4.78 is 0. The summed E-state index contributed by atoms with van der Waals surface area (Å²) in [5.41, 5.74) is 2.57. The Kier molecular flexibility index (Phi) is 6.58. The zero-order valence-corrected chi connectivity index (χ0v) is 14.8. The van der Waals surface area contributed by atoms with Gasteiger partial charge in [0.15, 0.2) is 0 Å². The summed E-state index contributed by atoms with van der Waals surface area (Å²) in [4.78, 5) is 27.1. The van der Waals surface area contributed by atoms with Crippen molar-refractivity contribution >= 4 is 11.8 Å². The fourth-order valence-electron chi connectivity index (χ4n) is 2.81. The molecular formula is C19H24N4O2. The highest BCUT2D eigenvalue weighted by Gasteiger charge is 2.24. The van der Waals surface area contributed by atoms with Gasteiger partial charge in [-0.2, -0.15) is 5.26 Å². The normalized spacial score (nSPS) is 14.8. The quantitative estimate of drug-likeness (QED) is 0.497. The lowest BCUT2D eigenvalue weighted by molar-refractivity contribution is -0.136. The van der Waals surface area contributed by atoms with Crippen LogP contribution in [0.15, 0.2) is 36.0 Å². The number of nitrogens with zero attached hydrogens (tertiary/aromatic N) is 3. The van der Waals surface area contributed by atoms with Gasteiger partial charge in [-0.05, 0) is 24.5 Å². The molecule has 1 aliphatic heterocycles. The second-order valence-electron chi connectivity index (χ2n) is 6.10. The Labute approximate surface area is 148 Å². The maximum atomic E-state index is 12.4. The predicted octanol–water partition coefficient (Wildman–Crippen LogP) is 1.23. The van der Waals surface area contributed by atoms with Crippen LogP contribution in [0, 0.1) is 18.3 Å². The van der Waals surface area contributed by atoms with Crippen LogP contribution in [0.3, 0.4) is 0 Å². The molecule has 2 amide bonds. The largest absolute Gasteiger partial charge is 0.389 e. The Morgan fingerprint density at radius 2 is 1.84 bits per heavy atom. The number of hydrogen-bond acceptors (Lipinski definition) is 4. The number of benzene rings is 1. The van der Waals surface area contributed by atoms with Gasteiger partial charge in [0.05, 0.1) is 0 Å². The summed E-state index contributed by atoms with van der Waals surface area (Å²) in [5, 5.41) is 12.3. The standard InChI is InChI=1S/C19H24N4O2/c1-15-5-3-4-6-17(15)7-8-21-14-18(13-20)19(25)23-11-9-22(10-12-23)16(2)24/h3-6,14,21H,7-12H2,1-2H3/b18-14-. The number of aryl methyl sites for hydroxylation is 1. The molecule has 0 aliphatic carbocycles. The van der Waals surface area contributed by atoms with E-state index in [2.05, 4.69) is 24.4 Å². The first-order valence-corrected chi connectivity index (χ1v) is 8.46. The first-order chi connectivity index (χ1) is 12.0. The van der Waals surface area contributed by atoms with Crippen molar-refractivity contribution in [3.8, 4) is 6.07 Å². The minimum atomic E-state index is -0.283. The van der Waals surface area contributed by atoms with Gasteiger partial charge < -0.3 is 15.1 Å². The second kappa shape index (κ2) is 8.88. The Hall–Kier alpha value is -2.81. The van der Waals surface area contributed by atoms with Crippen LogP contribution < -0.4 is 5.32 Å². The predicted molar refractivity (Wildman–Crippen MR) is 95.4 cm³/mol. The van der Waals surface area contributed by atoms with Crippen LogP contribution in [0.4, 0.5) is 0 Å². The van der Waals surface area contributed by atoms with Crippen LogP contribution >= 0.6 is 0 Å². The van der Waals surface area contributed by atoms with E-state index in [1.54, 1.807) is 9.80 Å². The Morgan fingerprint density at radius 1 is 1.20 bits per heavy atom. The highest BCUT2D eigenvalue weighted by molar-refractivity contribution is 5.97. The second-order valence-corrected chi connectivity index (χ2v) is 6.10. The molecule has 1 aromatic carbocycles. The van der Waals surface area contributed by atoms with Gasteiger partial charge in [0.25, 0.3) is 5.91 Å². The van der Waals surface area contributed by atoms with Crippen molar-refractivity contribution in [1.82, 2.24) is 15.1 Å². The minimum absolute atomic E-state index is 0.0148. The molecule has 25 heavy (non-hydrogen) atoms. The van der Waals surface area contributed by atoms with Gasteiger partial charge in [-0.25, -0.2) is 0 Å². The van der Waals surface area contributed by atoms with Crippen LogP contribution in [0.1, 0.15) is 18.1 Å². The SMILES string of the molecule is CC(=O)N1CCN(C(=O)/C(C#N)=C\NCCc2ccccc2C)CC1. The topological polar surface area (TPSA) is 76.4 Å². The van der Waals surface area contributed by atoms with Gasteiger partial charge >= 0.3 is 0 Å². The fraction of sp³-hybridized carbons (Fsp3) is 0.421. The van der Waals surface area contributed by atoms with Crippen LogP contribution in [-0.4, -0.2) is 54.3 Å². The third kappa shape index (κ3) is 5.08. The average Bonchev–Trinajstić information content (AvgIpc) is 2.63. The number of carbonyl (C=O) groups is 2. The minimum Gasteiger partial charge on any atom is -0.389 e. The molecule has 0 radical (unpaired) electrons. The average molecular weight is 340 g/mol. The van der Waals surface area contributed by atoms with Gasteiger partial charge in [-0.3, -0.25) is 9.59 Å². The van der Waals surface area contributed by atoms with E-state index in [-0.39, 0.29) is 17.4 Å². The summed E-state index contributed by atoms with van der Waals surface area (Å²) in [6, 6.07) is 10.1. The zero-order valence-electron chi connectivity index (χ0n) is 14.8. The maximum Gasteiger partial charge on any atom is 0.266 e. The lowest BCUT2D eigenvalue weighted by Crippen LogP contribution is -2.50. The van der Waals surface area contributed by atoms with Crippen molar-refractivity contribution < 1.29 is 9.59 Å². The molecule has 6 nitrogen and oxygen atoms in total. The maximum absolute atomic E-state index is 12.4. The van der Waals surface area contributed by atoms with E-state index in [9.17, 15) is 14.9 Å². The molecule has 0 spiro atoms. The molecule has 0 bridgehead atoms. The number of amides is 2. The smallest absolute Gasteiger partial charge is 0.266 e. The van der Waals surface area contributed by atoms with E-state index >= 15 is 0 Å². The Morgan fingerprint density at radius 3 is 2.44 bits per heavy atom. The van der Waals surface area contributed by atoms with Crippen LogP contribution in [-0.2, 0) is 16.0 Å². The molecule has 1 heterocycles. The van der Waals surface area contributed by atoms with Crippen molar-refractivity contribution in [2.45, 2.75) is 20.3 Å². The van der Waals surface area contributed by atoms with Crippen LogP contribution in [0.5, 0.6) is 0 Å². The lowest BCUT2D eigenvalue weighted by atomic mass is 10.1. The molecule has 132 valence electrons. The molecule has 1 saturated heterocycles. The summed E-state index contributed by atoms with van der Waals surface area (Å²) in [5.74, 6) is -0.268. The van der Waals surface area contributed by atoms with Crippen LogP contribution in [0.25, 0.3) is 0 Å². The Bertz CT molecular complexity index is 698. The van der Waals surface area contributed by atoms with E-state index in [0.717, 1.165) is 6.42 Å². The van der Waals surface area contributed by atoms with Crippen molar-refractivity contribution in [1.29, 1.82) is 5.26 Å². The molecule has 1 aromatic rings. The highest BCUT2D eigenvalue weighted by Crippen LogP contribution is 2.08. The molecule has 1 N–H and O–H groups in total. The van der Waals surface area contributed by atoms with Gasteiger partial charge in [0, 0.05) is 45.8 Å². The third-order valence-electron chi connectivity index (χ3n) is 4.41. The Balaban J connectivity index is 1.85. The summed E-state index contributed by atoms with van der Waals surface area (Å²) >= 11 is 0.